The zero-order chi connectivity index (χ0) is 22.4. The van der Waals surface area contributed by atoms with Crippen molar-refractivity contribution in [2.75, 3.05) is 27.9 Å². The van der Waals surface area contributed by atoms with E-state index in [0.29, 0.717) is 39.6 Å². The van der Waals surface area contributed by atoms with Crippen LogP contribution in [0.2, 0.25) is 0 Å². The Morgan fingerprint density at radius 3 is 2.07 bits per heavy atom. The summed E-state index contributed by atoms with van der Waals surface area (Å²) in [5.41, 5.74) is 2.52. The number of carbonyl (C=O) groups is 3. The number of nitrogens with one attached hydrogen (secondary N) is 1. The van der Waals surface area contributed by atoms with Crippen LogP contribution in [0.5, 0.6) is 17.2 Å². The Morgan fingerprint density at radius 1 is 1.00 bits per heavy atom. The maximum atomic E-state index is 12.4. The second-order valence-corrected chi connectivity index (χ2v) is 6.50. The molecule has 1 aromatic heterocycles. The van der Waals surface area contributed by atoms with Crippen LogP contribution in [-0.2, 0) is 9.53 Å². The van der Waals surface area contributed by atoms with Gasteiger partial charge in [-0.15, -0.1) is 0 Å². The van der Waals surface area contributed by atoms with Crippen molar-refractivity contribution >= 4 is 23.6 Å². The number of aromatic nitrogens is 1. The van der Waals surface area contributed by atoms with Gasteiger partial charge in [0.05, 0.1) is 27.0 Å². The van der Waals surface area contributed by atoms with Gasteiger partial charge in [-0.3, -0.25) is 9.59 Å². The summed E-state index contributed by atoms with van der Waals surface area (Å²) in [6, 6.07) is 3.34. The second-order valence-electron chi connectivity index (χ2n) is 6.50. The molecule has 0 spiro atoms. The Morgan fingerprint density at radius 2 is 1.60 bits per heavy atom. The number of hydrogen-bond acceptors (Lipinski definition) is 7. The second kappa shape index (κ2) is 9.78. The van der Waals surface area contributed by atoms with Crippen LogP contribution in [0.25, 0.3) is 6.08 Å². The van der Waals surface area contributed by atoms with Crippen LogP contribution in [0, 0.1) is 13.8 Å². The molecule has 0 aliphatic carbocycles. The van der Waals surface area contributed by atoms with Gasteiger partial charge in [0.15, 0.2) is 23.9 Å². The number of Topliss-reactive ketones (excluding diaryl/α,β-unsaturated/α-hetero) is 2. The van der Waals surface area contributed by atoms with Gasteiger partial charge in [-0.1, -0.05) is 0 Å². The van der Waals surface area contributed by atoms with E-state index in [1.807, 2.05) is 0 Å². The molecule has 2 aromatic rings. The minimum Gasteiger partial charge on any atom is -0.493 e. The van der Waals surface area contributed by atoms with E-state index in [0.717, 1.165) is 0 Å². The van der Waals surface area contributed by atoms with E-state index in [-0.39, 0.29) is 11.5 Å². The average Bonchev–Trinajstić information content (AvgIpc) is 3.03. The van der Waals surface area contributed by atoms with Gasteiger partial charge in [-0.05, 0) is 50.1 Å². The molecule has 0 amide bonds. The summed E-state index contributed by atoms with van der Waals surface area (Å²) < 4.78 is 20.8. The zero-order valence-corrected chi connectivity index (χ0v) is 17.9. The molecule has 0 atom stereocenters. The summed E-state index contributed by atoms with van der Waals surface area (Å²) in [7, 11) is 4.48. The first-order chi connectivity index (χ1) is 14.2. The number of benzene rings is 1. The monoisotopic (exact) mass is 415 g/mol. The fourth-order valence-electron chi connectivity index (χ4n) is 3.18. The standard InChI is InChI=1S/C22H25NO7/c1-12-20(14(3)24)13(2)23-21(12)16(25)11-30-19(26)8-7-15-9-17(27-4)22(29-6)18(10-15)28-5/h7-10,23H,11H2,1-6H3/b8-7+. The first kappa shape index (κ1) is 22.7. The molecular weight excluding hydrogens is 390 g/mol. The molecule has 8 nitrogen and oxygen atoms in total. The van der Waals surface area contributed by atoms with Crippen molar-refractivity contribution < 1.29 is 33.3 Å². The number of esters is 1. The van der Waals surface area contributed by atoms with Crippen LogP contribution in [0.1, 0.15) is 44.6 Å². The Hall–Kier alpha value is -3.55. The lowest BCUT2D eigenvalue weighted by atomic mass is 10.1. The van der Waals surface area contributed by atoms with Gasteiger partial charge in [0.25, 0.3) is 0 Å². The van der Waals surface area contributed by atoms with Crippen molar-refractivity contribution in [1.82, 2.24) is 4.98 Å². The summed E-state index contributed by atoms with van der Waals surface area (Å²) in [4.78, 5) is 39.0. The largest absolute Gasteiger partial charge is 0.493 e. The first-order valence-electron chi connectivity index (χ1n) is 9.11. The van der Waals surface area contributed by atoms with Crippen molar-refractivity contribution in [3.8, 4) is 17.2 Å². The van der Waals surface area contributed by atoms with E-state index in [2.05, 4.69) is 4.98 Å². The van der Waals surface area contributed by atoms with Gasteiger partial charge in [-0.25, -0.2) is 4.79 Å². The number of ether oxygens (including phenoxy) is 4. The number of hydrogen-bond donors (Lipinski definition) is 1. The van der Waals surface area contributed by atoms with Crippen LogP contribution in [0.15, 0.2) is 18.2 Å². The van der Waals surface area contributed by atoms with Gasteiger partial charge in [-0.2, -0.15) is 0 Å². The van der Waals surface area contributed by atoms with Crippen LogP contribution in [-0.4, -0.2) is 50.5 Å². The molecule has 0 saturated carbocycles. The number of rotatable bonds is 9. The normalized spacial score (nSPS) is 10.7. The maximum absolute atomic E-state index is 12.4. The van der Waals surface area contributed by atoms with Crippen LogP contribution in [0.4, 0.5) is 0 Å². The Bertz CT molecular complexity index is 976. The third-order valence-corrected chi connectivity index (χ3v) is 4.51. The van der Waals surface area contributed by atoms with E-state index >= 15 is 0 Å². The first-order valence-corrected chi connectivity index (χ1v) is 9.11. The lowest BCUT2D eigenvalue weighted by Gasteiger charge is -2.12. The molecular formula is C22H25NO7. The quantitative estimate of drug-likeness (QED) is 0.381. The van der Waals surface area contributed by atoms with Crippen molar-refractivity contribution in [2.45, 2.75) is 20.8 Å². The molecule has 160 valence electrons. The van der Waals surface area contributed by atoms with E-state index in [1.165, 1.54) is 40.4 Å². The number of H-pyrrole nitrogens is 1. The van der Waals surface area contributed by atoms with Crippen LogP contribution >= 0.6 is 0 Å². The summed E-state index contributed by atoms with van der Waals surface area (Å²) >= 11 is 0. The molecule has 0 unspecified atom stereocenters. The Labute approximate surface area is 174 Å². The number of aryl methyl sites for hydroxylation is 1. The lowest BCUT2D eigenvalue weighted by molar-refractivity contribution is -0.136. The summed E-state index contributed by atoms with van der Waals surface area (Å²) in [5, 5.41) is 0. The third-order valence-electron chi connectivity index (χ3n) is 4.51. The molecule has 8 heteroatoms. The topological polar surface area (TPSA) is 104 Å². The molecule has 1 N–H and O–H groups in total. The average molecular weight is 415 g/mol. The fourth-order valence-corrected chi connectivity index (χ4v) is 3.18. The Kier molecular flexibility index (Phi) is 7.41. The highest BCUT2D eigenvalue weighted by Gasteiger charge is 2.20. The molecule has 1 aromatic carbocycles. The smallest absolute Gasteiger partial charge is 0.331 e. The van der Waals surface area contributed by atoms with Crippen molar-refractivity contribution in [3.63, 3.8) is 0 Å². The summed E-state index contributed by atoms with van der Waals surface area (Å²) in [6.07, 6.45) is 2.71. The highest BCUT2D eigenvalue weighted by molar-refractivity contribution is 6.04. The van der Waals surface area contributed by atoms with Gasteiger partial charge in [0.1, 0.15) is 0 Å². The summed E-state index contributed by atoms with van der Waals surface area (Å²) in [5.74, 6) is 0.0812. The highest BCUT2D eigenvalue weighted by Crippen LogP contribution is 2.38. The van der Waals surface area contributed by atoms with Crippen LogP contribution in [0.3, 0.4) is 0 Å². The number of methoxy groups -OCH3 is 3. The number of ketones is 2. The third kappa shape index (κ3) is 4.89. The Balaban J connectivity index is 2.08. The van der Waals surface area contributed by atoms with E-state index in [1.54, 1.807) is 26.0 Å². The van der Waals surface area contributed by atoms with Gasteiger partial charge in [0.2, 0.25) is 11.5 Å². The molecule has 30 heavy (non-hydrogen) atoms. The van der Waals surface area contributed by atoms with E-state index in [4.69, 9.17) is 18.9 Å². The van der Waals surface area contributed by atoms with E-state index < -0.39 is 18.4 Å². The highest BCUT2D eigenvalue weighted by atomic mass is 16.5. The molecule has 0 aliphatic rings. The van der Waals surface area contributed by atoms with Crippen molar-refractivity contribution in [2.24, 2.45) is 0 Å². The zero-order valence-electron chi connectivity index (χ0n) is 17.9. The number of aromatic amines is 1. The van der Waals surface area contributed by atoms with Crippen LogP contribution < -0.4 is 14.2 Å². The molecule has 0 saturated heterocycles. The SMILES string of the molecule is COc1cc(/C=C/C(=O)OCC(=O)c2[nH]c(C)c(C(C)=O)c2C)cc(OC)c1OC. The molecule has 0 aliphatic heterocycles. The molecule has 2 rings (SSSR count). The minimum absolute atomic E-state index is 0.134. The van der Waals surface area contributed by atoms with Gasteiger partial charge >= 0.3 is 5.97 Å². The molecule has 0 bridgehead atoms. The molecule has 1 heterocycles. The maximum Gasteiger partial charge on any atom is 0.331 e. The fraction of sp³-hybridized carbons (Fsp3) is 0.318. The molecule has 0 fully saturated rings. The van der Waals surface area contributed by atoms with E-state index in [9.17, 15) is 14.4 Å². The summed E-state index contributed by atoms with van der Waals surface area (Å²) in [6.45, 7) is 4.38. The van der Waals surface area contributed by atoms with Gasteiger partial charge < -0.3 is 23.9 Å². The van der Waals surface area contributed by atoms with Gasteiger partial charge in [0, 0.05) is 17.3 Å². The predicted octanol–water partition coefficient (Wildman–Crippen LogP) is 3.30. The number of carbonyl (C=O) groups excluding carboxylic acids is 3. The molecule has 0 radical (unpaired) electrons. The van der Waals surface area contributed by atoms with Crippen molar-refractivity contribution in [3.05, 3.63) is 46.3 Å². The minimum atomic E-state index is -0.690. The predicted molar refractivity (Wildman–Crippen MR) is 111 cm³/mol. The van der Waals surface area contributed by atoms with Crippen molar-refractivity contribution in [1.29, 1.82) is 0 Å². The lowest BCUT2D eigenvalue weighted by Crippen LogP contribution is -2.14.